The number of fused-ring (bicyclic) bond motifs is 1. The number of nitrogens with one attached hydrogen (secondary N) is 1. The Hall–Kier alpha value is -2.72. The Labute approximate surface area is 192 Å². The molecule has 10 heteroatoms. The van der Waals surface area contributed by atoms with Crippen molar-refractivity contribution < 1.29 is 22.7 Å². The van der Waals surface area contributed by atoms with Crippen LogP contribution in [0.5, 0.6) is 5.75 Å². The van der Waals surface area contributed by atoms with Crippen molar-refractivity contribution in [1.82, 2.24) is 14.4 Å². The summed E-state index contributed by atoms with van der Waals surface area (Å²) >= 11 is 0. The number of sulfone groups is 1. The van der Waals surface area contributed by atoms with E-state index in [1.54, 1.807) is 43.5 Å². The number of methoxy groups -OCH3 is 1. The summed E-state index contributed by atoms with van der Waals surface area (Å²) in [7, 11) is -2.32. The second kappa shape index (κ2) is 8.57. The monoisotopic (exact) mass is 476 g/mol. The minimum atomic E-state index is -3.73. The zero-order valence-corrected chi connectivity index (χ0v) is 20.0. The number of halogens is 1. The van der Waals surface area contributed by atoms with Gasteiger partial charge in [-0.25, -0.2) is 18.4 Å². The molecular formula is C23H29FN4O4S. The molecule has 1 aliphatic carbocycles. The molecule has 1 saturated carbocycles. The van der Waals surface area contributed by atoms with Gasteiger partial charge in [-0.1, -0.05) is 12.8 Å². The van der Waals surface area contributed by atoms with Crippen LogP contribution >= 0.6 is 0 Å². The molecule has 0 amide bonds. The SMILES string of the molecule is COc1cc2ncc(-c3cc(F)nc(N[C@@H]4CCCC[C@H]4O)c3)n2cc1S(=O)(=O)C(C)(C)C. The van der Waals surface area contributed by atoms with Crippen LogP contribution < -0.4 is 10.1 Å². The summed E-state index contributed by atoms with van der Waals surface area (Å²) in [6, 6.07) is 4.30. The van der Waals surface area contributed by atoms with Crippen molar-refractivity contribution in [2.45, 2.75) is 68.2 Å². The van der Waals surface area contributed by atoms with Crippen molar-refractivity contribution in [2.75, 3.05) is 12.4 Å². The highest BCUT2D eigenvalue weighted by Crippen LogP contribution is 2.35. The second-order valence-corrected chi connectivity index (χ2v) is 12.0. The fraction of sp³-hybridized carbons (Fsp3) is 0.478. The third-order valence-corrected chi connectivity index (χ3v) is 8.54. The van der Waals surface area contributed by atoms with Crippen molar-refractivity contribution in [1.29, 1.82) is 0 Å². The molecule has 0 saturated heterocycles. The van der Waals surface area contributed by atoms with Gasteiger partial charge >= 0.3 is 0 Å². The predicted molar refractivity (Wildman–Crippen MR) is 124 cm³/mol. The number of aliphatic hydroxyl groups excluding tert-OH is 1. The smallest absolute Gasteiger partial charge is 0.215 e. The number of hydrogen-bond acceptors (Lipinski definition) is 7. The molecule has 3 aromatic rings. The predicted octanol–water partition coefficient (Wildman–Crippen LogP) is 3.83. The third kappa shape index (κ3) is 4.41. The molecule has 1 fully saturated rings. The molecule has 3 heterocycles. The van der Waals surface area contributed by atoms with Gasteiger partial charge in [0, 0.05) is 23.9 Å². The van der Waals surface area contributed by atoms with E-state index in [0.717, 1.165) is 19.3 Å². The summed E-state index contributed by atoms with van der Waals surface area (Å²) in [5.41, 5.74) is 1.45. The average molecular weight is 477 g/mol. The van der Waals surface area contributed by atoms with Gasteiger partial charge in [-0.3, -0.25) is 4.40 Å². The molecule has 0 aliphatic heterocycles. The Morgan fingerprint density at radius 3 is 2.61 bits per heavy atom. The minimum Gasteiger partial charge on any atom is -0.495 e. The zero-order valence-electron chi connectivity index (χ0n) is 19.2. The Kier molecular flexibility index (Phi) is 6.09. The number of hydrogen-bond donors (Lipinski definition) is 2. The first-order valence-corrected chi connectivity index (χ1v) is 12.4. The topological polar surface area (TPSA) is 106 Å². The molecule has 0 radical (unpaired) electrons. The summed E-state index contributed by atoms with van der Waals surface area (Å²) < 4.78 is 46.7. The van der Waals surface area contributed by atoms with E-state index in [4.69, 9.17) is 4.74 Å². The van der Waals surface area contributed by atoms with E-state index in [1.165, 1.54) is 19.4 Å². The molecule has 2 N–H and O–H groups in total. The van der Waals surface area contributed by atoms with Crippen LogP contribution in [-0.2, 0) is 9.84 Å². The van der Waals surface area contributed by atoms with E-state index in [2.05, 4.69) is 15.3 Å². The summed E-state index contributed by atoms with van der Waals surface area (Å²) in [5.74, 6) is -0.183. The second-order valence-electron chi connectivity index (χ2n) is 9.36. The maximum absolute atomic E-state index is 14.5. The van der Waals surface area contributed by atoms with Crippen LogP contribution in [-0.4, -0.2) is 51.9 Å². The zero-order chi connectivity index (χ0) is 24.0. The van der Waals surface area contributed by atoms with E-state index in [-0.39, 0.29) is 16.7 Å². The molecule has 1 aliphatic rings. The van der Waals surface area contributed by atoms with Crippen molar-refractivity contribution in [2.24, 2.45) is 0 Å². The van der Waals surface area contributed by atoms with Gasteiger partial charge in [-0.15, -0.1) is 0 Å². The van der Waals surface area contributed by atoms with Crippen LogP contribution in [0.15, 0.2) is 35.5 Å². The van der Waals surface area contributed by atoms with Crippen molar-refractivity contribution in [3.8, 4) is 17.0 Å². The molecule has 2 atom stereocenters. The molecule has 0 unspecified atom stereocenters. The van der Waals surface area contributed by atoms with Crippen LogP contribution in [0.2, 0.25) is 0 Å². The normalized spacial score (nSPS) is 19.6. The van der Waals surface area contributed by atoms with E-state index in [1.807, 2.05) is 0 Å². The van der Waals surface area contributed by atoms with Gasteiger partial charge in [0.25, 0.3) is 0 Å². The number of imidazole rings is 1. The van der Waals surface area contributed by atoms with Crippen LogP contribution in [0.4, 0.5) is 10.2 Å². The Balaban J connectivity index is 1.80. The van der Waals surface area contributed by atoms with E-state index < -0.39 is 26.6 Å². The number of pyridine rings is 2. The largest absolute Gasteiger partial charge is 0.495 e. The first-order valence-electron chi connectivity index (χ1n) is 10.9. The standard InChI is InChI=1S/C23H29FN4O4S/c1-23(2,3)33(30,31)19-13-28-16(12-25-22(28)11-18(19)32-4)14-9-20(24)27-21(10-14)26-15-7-5-6-8-17(15)29/h9-13,15,17,29H,5-8H2,1-4H3,(H,26,27)/t15-,17-/m1/s1. The van der Waals surface area contributed by atoms with Gasteiger partial charge in [-0.05, 0) is 39.7 Å². The number of ether oxygens (including phenoxy) is 1. The number of rotatable bonds is 5. The molecule has 0 aromatic carbocycles. The summed E-state index contributed by atoms with van der Waals surface area (Å²) in [4.78, 5) is 8.33. The number of nitrogens with zero attached hydrogens (tertiary/aromatic N) is 3. The van der Waals surface area contributed by atoms with Crippen LogP contribution in [0, 0.1) is 5.95 Å². The summed E-state index contributed by atoms with van der Waals surface area (Å²) in [6.07, 6.45) is 5.92. The lowest BCUT2D eigenvalue weighted by molar-refractivity contribution is 0.116. The highest BCUT2D eigenvalue weighted by atomic mass is 32.2. The van der Waals surface area contributed by atoms with Gasteiger partial charge < -0.3 is 15.2 Å². The first kappa shape index (κ1) is 23.4. The van der Waals surface area contributed by atoms with Crippen LogP contribution in [0.25, 0.3) is 16.9 Å². The molecule has 8 nitrogen and oxygen atoms in total. The highest BCUT2D eigenvalue weighted by molar-refractivity contribution is 7.92. The Morgan fingerprint density at radius 2 is 1.94 bits per heavy atom. The maximum Gasteiger partial charge on any atom is 0.215 e. The Morgan fingerprint density at radius 1 is 1.21 bits per heavy atom. The number of anilines is 1. The lowest BCUT2D eigenvalue weighted by atomic mass is 9.92. The molecule has 0 bridgehead atoms. The van der Waals surface area contributed by atoms with Gasteiger partial charge in [0.05, 0.1) is 35.9 Å². The lowest BCUT2D eigenvalue weighted by Gasteiger charge is -2.28. The molecule has 3 aromatic heterocycles. The van der Waals surface area contributed by atoms with Crippen molar-refractivity contribution >= 4 is 21.3 Å². The van der Waals surface area contributed by atoms with Gasteiger partial charge in [-0.2, -0.15) is 4.39 Å². The van der Waals surface area contributed by atoms with Gasteiger partial charge in [0.15, 0.2) is 9.84 Å². The Bertz CT molecular complexity index is 1280. The van der Waals surface area contributed by atoms with Gasteiger partial charge in [0.1, 0.15) is 22.1 Å². The minimum absolute atomic E-state index is 0.0301. The molecule has 0 spiro atoms. The fourth-order valence-corrected chi connectivity index (χ4v) is 5.39. The third-order valence-electron chi connectivity index (χ3n) is 6.04. The van der Waals surface area contributed by atoms with E-state index in [0.29, 0.717) is 29.1 Å². The molecule has 178 valence electrons. The van der Waals surface area contributed by atoms with Gasteiger partial charge in [0.2, 0.25) is 5.95 Å². The summed E-state index contributed by atoms with van der Waals surface area (Å²) in [5, 5.41) is 13.4. The van der Waals surface area contributed by atoms with E-state index >= 15 is 0 Å². The van der Waals surface area contributed by atoms with Crippen molar-refractivity contribution in [3.63, 3.8) is 0 Å². The van der Waals surface area contributed by atoms with Crippen LogP contribution in [0.3, 0.4) is 0 Å². The quantitative estimate of drug-likeness (QED) is 0.539. The van der Waals surface area contributed by atoms with E-state index in [9.17, 15) is 17.9 Å². The fourth-order valence-electron chi connectivity index (χ4n) is 4.08. The lowest BCUT2D eigenvalue weighted by Crippen LogP contribution is -2.36. The molecule has 33 heavy (non-hydrogen) atoms. The maximum atomic E-state index is 14.5. The average Bonchev–Trinajstić information content (AvgIpc) is 3.16. The van der Waals surface area contributed by atoms with Crippen LogP contribution in [0.1, 0.15) is 46.5 Å². The highest BCUT2D eigenvalue weighted by Gasteiger charge is 2.34. The van der Waals surface area contributed by atoms with Crippen molar-refractivity contribution in [3.05, 3.63) is 36.5 Å². The molecular weight excluding hydrogens is 447 g/mol. The molecule has 4 rings (SSSR count). The number of aliphatic hydroxyl groups is 1. The first-order chi connectivity index (χ1) is 15.5. The number of aromatic nitrogens is 3. The summed E-state index contributed by atoms with van der Waals surface area (Å²) in [6.45, 7) is 4.87.